The van der Waals surface area contributed by atoms with E-state index in [0.717, 1.165) is 5.56 Å². The van der Waals surface area contributed by atoms with E-state index in [0.29, 0.717) is 50.9 Å². The Bertz CT molecular complexity index is 769. The first-order chi connectivity index (χ1) is 12.3. The fourth-order valence-corrected chi connectivity index (χ4v) is 3.85. The van der Waals surface area contributed by atoms with Crippen molar-refractivity contribution in [2.24, 2.45) is 0 Å². The smallest absolute Gasteiger partial charge is 0.313 e. The molecule has 0 N–H and O–H groups in total. The molecular weight excluding hydrogens is 418 g/mol. The van der Waals surface area contributed by atoms with Gasteiger partial charge in [0, 0.05) is 15.1 Å². The van der Waals surface area contributed by atoms with Crippen LogP contribution in [-0.4, -0.2) is 19.7 Å². The van der Waals surface area contributed by atoms with Crippen molar-refractivity contribution >= 4 is 52.4 Å². The Kier molecular flexibility index (Phi) is 7.90. The maximum atomic E-state index is 12.2. The number of benzene rings is 2. The van der Waals surface area contributed by atoms with Gasteiger partial charge in [0.05, 0.1) is 24.7 Å². The van der Waals surface area contributed by atoms with Crippen LogP contribution >= 0.6 is 46.4 Å². The van der Waals surface area contributed by atoms with Gasteiger partial charge in [0.25, 0.3) is 0 Å². The first-order valence-corrected chi connectivity index (χ1v) is 9.46. The molecule has 0 fully saturated rings. The molecule has 2 aromatic carbocycles. The van der Waals surface area contributed by atoms with Crippen molar-refractivity contribution in [1.82, 2.24) is 0 Å². The summed E-state index contributed by atoms with van der Waals surface area (Å²) in [5, 5.41) is 1.97. The van der Waals surface area contributed by atoms with Crippen molar-refractivity contribution in [3.8, 4) is 5.75 Å². The highest BCUT2D eigenvalue weighted by atomic mass is 35.5. The Morgan fingerprint density at radius 2 is 1.73 bits per heavy atom. The van der Waals surface area contributed by atoms with Crippen LogP contribution in [0.4, 0.5) is 0 Å². The molecule has 140 valence electrons. The zero-order valence-corrected chi connectivity index (χ0v) is 17.3. The van der Waals surface area contributed by atoms with Crippen LogP contribution in [0.25, 0.3) is 0 Å². The summed E-state index contributed by atoms with van der Waals surface area (Å²) in [4.78, 5) is 12.2. The molecule has 2 aromatic rings. The van der Waals surface area contributed by atoms with Gasteiger partial charge in [-0.3, -0.25) is 4.79 Å². The molecule has 0 radical (unpaired) electrons. The zero-order valence-electron chi connectivity index (χ0n) is 14.3. The summed E-state index contributed by atoms with van der Waals surface area (Å²) in [5.41, 5.74) is 1.54. The fourth-order valence-electron chi connectivity index (χ4n) is 2.66. The highest BCUT2D eigenvalue weighted by molar-refractivity contribution is 6.36. The monoisotopic (exact) mass is 434 g/mol. The summed E-state index contributed by atoms with van der Waals surface area (Å²) >= 11 is 24.3. The van der Waals surface area contributed by atoms with Gasteiger partial charge in [-0.1, -0.05) is 52.5 Å². The third-order valence-electron chi connectivity index (χ3n) is 3.90. The topological polar surface area (TPSA) is 35.5 Å². The second kappa shape index (κ2) is 9.70. The molecule has 3 nitrogen and oxygen atoms in total. The van der Waals surface area contributed by atoms with E-state index in [1.54, 1.807) is 30.3 Å². The molecule has 1 unspecified atom stereocenters. The van der Waals surface area contributed by atoms with Crippen molar-refractivity contribution in [2.45, 2.75) is 25.7 Å². The van der Waals surface area contributed by atoms with Crippen LogP contribution in [0.1, 0.15) is 29.9 Å². The molecule has 0 spiro atoms. The number of carbonyl (C=O) groups is 1. The summed E-state index contributed by atoms with van der Waals surface area (Å²) < 4.78 is 10.7. The molecule has 0 aliphatic heterocycles. The number of methoxy groups -OCH3 is 1. The van der Waals surface area contributed by atoms with Gasteiger partial charge < -0.3 is 9.47 Å². The SMILES string of the molecule is COC(=O)C(CCCOc1c(C)cc(Cl)cc1Cl)c1ccc(Cl)cc1Cl. The third kappa shape index (κ3) is 5.43. The van der Waals surface area contributed by atoms with E-state index in [4.69, 9.17) is 55.9 Å². The average Bonchev–Trinajstić information content (AvgIpc) is 2.57. The lowest BCUT2D eigenvalue weighted by molar-refractivity contribution is -0.142. The van der Waals surface area contributed by atoms with E-state index in [2.05, 4.69) is 0 Å². The molecule has 0 bridgehead atoms. The highest BCUT2D eigenvalue weighted by Gasteiger charge is 2.23. The van der Waals surface area contributed by atoms with Gasteiger partial charge in [0.15, 0.2) is 0 Å². The van der Waals surface area contributed by atoms with E-state index < -0.39 is 5.92 Å². The molecule has 0 aliphatic carbocycles. The predicted molar refractivity (Wildman–Crippen MR) is 107 cm³/mol. The molecule has 0 amide bonds. The van der Waals surface area contributed by atoms with Gasteiger partial charge in [0.2, 0.25) is 0 Å². The minimum atomic E-state index is -0.491. The number of rotatable bonds is 7. The molecule has 2 rings (SSSR count). The zero-order chi connectivity index (χ0) is 19.3. The molecule has 0 heterocycles. The highest BCUT2D eigenvalue weighted by Crippen LogP contribution is 2.33. The van der Waals surface area contributed by atoms with E-state index in [1.165, 1.54) is 7.11 Å². The van der Waals surface area contributed by atoms with Crippen LogP contribution in [0.2, 0.25) is 20.1 Å². The number of hydrogen-bond acceptors (Lipinski definition) is 3. The van der Waals surface area contributed by atoms with Gasteiger partial charge in [-0.15, -0.1) is 0 Å². The third-order valence-corrected chi connectivity index (χ3v) is 4.96. The molecule has 7 heteroatoms. The lowest BCUT2D eigenvalue weighted by atomic mass is 9.94. The number of aryl methyl sites for hydroxylation is 1. The van der Waals surface area contributed by atoms with Crippen molar-refractivity contribution < 1.29 is 14.3 Å². The average molecular weight is 436 g/mol. The largest absolute Gasteiger partial charge is 0.492 e. The predicted octanol–water partition coefficient (Wildman–Crippen LogP) is 6.72. The number of carbonyl (C=O) groups excluding carboxylic acids is 1. The van der Waals surface area contributed by atoms with E-state index in [1.807, 2.05) is 6.92 Å². The lowest BCUT2D eigenvalue weighted by Crippen LogP contribution is -2.16. The van der Waals surface area contributed by atoms with E-state index >= 15 is 0 Å². The van der Waals surface area contributed by atoms with Crippen LogP contribution in [-0.2, 0) is 9.53 Å². The summed E-state index contributed by atoms with van der Waals surface area (Å²) in [6.45, 7) is 2.26. The van der Waals surface area contributed by atoms with Crippen molar-refractivity contribution in [2.75, 3.05) is 13.7 Å². The second-order valence-electron chi connectivity index (χ2n) is 5.77. The van der Waals surface area contributed by atoms with E-state index in [9.17, 15) is 4.79 Å². The Morgan fingerprint density at radius 1 is 1.04 bits per heavy atom. The van der Waals surface area contributed by atoms with Crippen LogP contribution in [0.3, 0.4) is 0 Å². The summed E-state index contributed by atoms with van der Waals surface area (Å²) in [6.07, 6.45) is 1.12. The molecule has 0 aromatic heterocycles. The van der Waals surface area contributed by atoms with Crippen molar-refractivity contribution in [3.05, 3.63) is 61.5 Å². The van der Waals surface area contributed by atoms with Gasteiger partial charge in [-0.2, -0.15) is 0 Å². The maximum Gasteiger partial charge on any atom is 0.313 e. The Balaban J connectivity index is 2.03. The Labute approximate surface area is 173 Å². The number of ether oxygens (including phenoxy) is 2. The standard InChI is InChI=1S/C19H18Cl4O3/c1-11-8-13(21)10-17(23)18(11)26-7-3-4-15(19(24)25-2)14-6-5-12(20)9-16(14)22/h5-6,8-10,15H,3-4,7H2,1-2H3. The number of hydrogen-bond donors (Lipinski definition) is 0. The maximum absolute atomic E-state index is 12.2. The molecule has 0 saturated heterocycles. The van der Waals surface area contributed by atoms with Gasteiger partial charge in [-0.05, 0) is 55.2 Å². The first-order valence-electron chi connectivity index (χ1n) is 7.94. The fraction of sp³-hybridized carbons (Fsp3) is 0.316. The van der Waals surface area contributed by atoms with Gasteiger partial charge in [0.1, 0.15) is 5.75 Å². The molecule has 0 aliphatic rings. The first kappa shape index (κ1) is 21.2. The summed E-state index contributed by atoms with van der Waals surface area (Å²) in [7, 11) is 1.35. The quantitative estimate of drug-likeness (QED) is 0.357. The van der Waals surface area contributed by atoms with Crippen LogP contribution in [0.5, 0.6) is 5.75 Å². The lowest BCUT2D eigenvalue weighted by Gasteiger charge is -2.17. The number of esters is 1. The summed E-state index contributed by atoms with van der Waals surface area (Å²) in [6, 6.07) is 8.48. The minimum absolute atomic E-state index is 0.352. The number of halogens is 4. The Hall–Kier alpha value is -1.13. The van der Waals surface area contributed by atoms with E-state index in [-0.39, 0.29) is 5.97 Å². The molecule has 26 heavy (non-hydrogen) atoms. The van der Waals surface area contributed by atoms with Crippen LogP contribution in [0, 0.1) is 6.92 Å². The summed E-state index contributed by atoms with van der Waals surface area (Å²) in [5.74, 6) is -0.250. The van der Waals surface area contributed by atoms with Gasteiger partial charge in [-0.25, -0.2) is 0 Å². The van der Waals surface area contributed by atoms with Gasteiger partial charge >= 0.3 is 5.97 Å². The normalized spacial score (nSPS) is 11.9. The van der Waals surface area contributed by atoms with Crippen molar-refractivity contribution in [1.29, 1.82) is 0 Å². The molecule has 0 saturated carbocycles. The minimum Gasteiger partial charge on any atom is -0.492 e. The van der Waals surface area contributed by atoms with Crippen molar-refractivity contribution in [3.63, 3.8) is 0 Å². The van der Waals surface area contributed by atoms with Crippen LogP contribution in [0.15, 0.2) is 30.3 Å². The Morgan fingerprint density at radius 3 is 2.35 bits per heavy atom. The second-order valence-corrected chi connectivity index (χ2v) is 7.45. The molecule has 1 atom stereocenters. The molecular formula is C19H18Cl4O3. The van der Waals surface area contributed by atoms with Crippen LogP contribution < -0.4 is 4.74 Å².